The quantitative estimate of drug-likeness (QED) is 0.744. The van der Waals surface area contributed by atoms with Crippen LogP contribution < -0.4 is 0 Å². The number of nitrogens with zero attached hydrogens (tertiary/aromatic N) is 1. The van der Waals surface area contributed by atoms with Crippen molar-refractivity contribution in [2.45, 2.75) is 60.0 Å². The van der Waals surface area contributed by atoms with Gasteiger partial charge in [0.25, 0.3) is 0 Å². The van der Waals surface area contributed by atoms with Gasteiger partial charge in [0, 0.05) is 13.2 Å². The molecular weight excluding hydrogens is 250 g/mol. The highest BCUT2D eigenvalue weighted by Gasteiger charge is 2.20. The van der Waals surface area contributed by atoms with E-state index in [0.29, 0.717) is 0 Å². The molecule has 0 N–H and O–H groups in total. The fraction of sp³-hybridized carbons (Fsp3) is 1.00. The van der Waals surface area contributed by atoms with E-state index >= 15 is 0 Å². The van der Waals surface area contributed by atoms with E-state index in [1.165, 1.54) is 25.9 Å². The first-order chi connectivity index (χ1) is 9.16. The third-order valence-electron chi connectivity index (χ3n) is 3.54. The highest BCUT2D eigenvalue weighted by Crippen LogP contribution is 2.19. The van der Waals surface area contributed by atoms with Gasteiger partial charge in [0.05, 0.1) is 18.8 Å². The van der Waals surface area contributed by atoms with Crippen molar-refractivity contribution in [2.24, 2.45) is 11.3 Å². The van der Waals surface area contributed by atoms with Crippen LogP contribution in [0.1, 0.15) is 54.4 Å². The average Bonchev–Trinajstić information content (AvgIpc) is 2.28. The lowest BCUT2D eigenvalue weighted by atomic mass is 9.96. The predicted octanol–water partition coefficient (Wildman–Crippen LogP) is 3.58. The zero-order valence-corrected chi connectivity index (χ0v) is 14.5. The summed E-state index contributed by atoms with van der Waals surface area (Å²) in [5.41, 5.74) is 0.268. The molecule has 1 fully saturated rings. The Kier molecular flexibility index (Phi) is 6.96. The molecule has 1 aliphatic heterocycles. The van der Waals surface area contributed by atoms with Crippen molar-refractivity contribution >= 4 is 0 Å². The molecule has 0 aromatic rings. The van der Waals surface area contributed by atoms with Crippen LogP contribution in [0.2, 0.25) is 0 Å². The standard InChI is InChI=1S/C17H35NO2/c1-16(2,3)14-19-13-15-7-9-18(10-8-15)11-12-20-17(4,5)6/h15H,7-14H2,1-6H3. The number of hydrogen-bond donors (Lipinski definition) is 0. The molecule has 0 aromatic carbocycles. The van der Waals surface area contributed by atoms with Crippen molar-refractivity contribution < 1.29 is 9.47 Å². The maximum absolute atomic E-state index is 5.86. The first-order valence-corrected chi connectivity index (χ1v) is 8.10. The van der Waals surface area contributed by atoms with Gasteiger partial charge in [-0.15, -0.1) is 0 Å². The summed E-state index contributed by atoms with van der Waals surface area (Å²) in [6.07, 6.45) is 2.53. The number of rotatable bonds is 6. The summed E-state index contributed by atoms with van der Waals surface area (Å²) in [4.78, 5) is 2.52. The Morgan fingerprint density at radius 3 is 2.10 bits per heavy atom. The van der Waals surface area contributed by atoms with Crippen molar-refractivity contribution in [3.63, 3.8) is 0 Å². The van der Waals surface area contributed by atoms with Crippen LogP contribution in [-0.4, -0.2) is 50.0 Å². The number of likely N-dealkylation sites (tertiary alicyclic amines) is 1. The lowest BCUT2D eigenvalue weighted by Crippen LogP contribution is -2.38. The van der Waals surface area contributed by atoms with Crippen LogP contribution in [0.15, 0.2) is 0 Å². The van der Waals surface area contributed by atoms with E-state index < -0.39 is 0 Å². The molecule has 0 atom stereocenters. The molecule has 0 spiro atoms. The maximum atomic E-state index is 5.86. The molecule has 1 heterocycles. The molecule has 1 rings (SSSR count). The molecule has 1 aliphatic rings. The monoisotopic (exact) mass is 285 g/mol. The number of piperidine rings is 1. The van der Waals surface area contributed by atoms with Crippen LogP contribution in [0, 0.1) is 11.3 Å². The van der Waals surface area contributed by atoms with E-state index in [1.807, 2.05) is 0 Å². The zero-order valence-electron chi connectivity index (χ0n) is 14.5. The van der Waals surface area contributed by atoms with Crippen LogP contribution in [0.5, 0.6) is 0 Å². The van der Waals surface area contributed by atoms with Gasteiger partial charge in [0.15, 0.2) is 0 Å². The third kappa shape index (κ3) is 8.93. The highest BCUT2D eigenvalue weighted by molar-refractivity contribution is 4.73. The molecule has 3 nitrogen and oxygen atoms in total. The van der Waals surface area contributed by atoms with Crippen LogP contribution in [0.4, 0.5) is 0 Å². The number of ether oxygens (including phenoxy) is 2. The minimum atomic E-state index is -0.0148. The van der Waals surface area contributed by atoms with Gasteiger partial charge in [-0.1, -0.05) is 20.8 Å². The minimum Gasteiger partial charge on any atom is -0.381 e. The van der Waals surface area contributed by atoms with Gasteiger partial charge in [-0.2, -0.15) is 0 Å². The number of hydrogen-bond acceptors (Lipinski definition) is 3. The Hall–Kier alpha value is -0.120. The first kappa shape index (κ1) is 17.9. The van der Waals surface area contributed by atoms with Gasteiger partial charge in [-0.3, -0.25) is 0 Å². The fourth-order valence-electron chi connectivity index (χ4n) is 2.39. The van der Waals surface area contributed by atoms with Crippen molar-refractivity contribution in [2.75, 3.05) is 39.5 Å². The van der Waals surface area contributed by atoms with Gasteiger partial charge >= 0.3 is 0 Å². The smallest absolute Gasteiger partial charge is 0.0600 e. The van der Waals surface area contributed by atoms with E-state index in [4.69, 9.17) is 9.47 Å². The Labute approximate surface area is 126 Å². The van der Waals surface area contributed by atoms with E-state index in [-0.39, 0.29) is 11.0 Å². The van der Waals surface area contributed by atoms with Gasteiger partial charge in [-0.05, 0) is 58.0 Å². The van der Waals surface area contributed by atoms with Crippen LogP contribution in [-0.2, 0) is 9.47 Å². The van der Waals surface area contributed by atoms with Crippen molar-refractivity contribution in [3.8, 4) is 0 Å². The predicted molar refractivity (Wildman–Crippen MR) is 85.1 cm³/mol. The molecule has 3 heteroatoms. The Morgan fingerprint density at radius 1 is 1.00 bits per heavy atom. The molecule has 0 unspecified atom stereocenters. The van der Waals surface area contributed by atoms with Crippen molar-refractivity contribution in [1.82, 2.24) is 4.90 Å². The third-order valence-corrected chi connectivity index (χ3v) is 3.54. The SMILES string of the molecule is CC(C)(C)COCC1CCN(CCOC(C)(C)C)CC1. The lowest BCUT2D eigenvalue weighted by molar-refractivity contribution is -0.0198. The summed E-state index contributed by atoms with van der Waals surface area (Å²) >= 11 is 0. The molecule has 0 radical (unpaired) electrons. The second-order valence-corrected chi connectivity index (χ2v) is 8.32. The summed E-state index contributed by atoms with van der Waals surface area (Å²) in [5.74, 6) is 0.747. The molecule has 0 saturated carbocycles. The second-order valence-electron chi connectivity index (χ2n) is 8.32. The Bertz CT molecular complexity index is 229. The van der Waals surface area contributed by atoms with E-state index in [1.54, 1.807) is 0 Å². The second kappa shape index (κ2) is 7.77. The van der Waals surface area contributed by atoms with Gasteiger partial charge in [0.1, 0.15) is 0 Å². The Balaban J connectivity index is 2.08. The average molecular weight is 285 g/mol. The Morgan fingerprint density at radius 2 is 1.60 bits per heavy atom. The highest BCUT2D eigenvalue weighted by atomic mass is 16.5. The minimum absolute atomic E-state index is 0.0148. The van der Waals surface area contributed by atoms with Gasteiger partial charge in [-0.25, -0.2) is 0 Å². The van der Waals surface area contributed by atoms with Gasteiger partial charge in [0.2, 0.25) is 0 Å². The molecule has 0 aromatic heterocycles. The van der Waals surface area contributed by atoms with Gasteiger partial charge < -0.3 is 14.4 Å². The van der Waals surface area contributed by atoms with Crippen LogP contribution in [0.25, 0.3) is 0 Å². The summed E-state index contributed by atoms with van der Waals surface area (Å²) in [7, 11) is 0. The summed E-state index contributed by atoms with van der Waals surface area (Å²) < 4.78 is 11.7. The molecule has 120 valence electrons. The zero-order chi connectivity index (χ0) is 15.2. The summed E-state index contributed by atoms with van der Waals surface area (Å²) in [5, 5.41) is 0. The van der Waals surface area contributed by atoms with E-state index in [2.05, 4.69) is 46.4 Å². The van der Waals surface area contributed by atoms with Crippen molar-refractivity contribution in [3.05, 3.63) is 0 Å². The largest absolute Gasteiger partial charge is 0.381 e. The lowest BCUT2D eigenvalue weighted by Gasteiger charge is -2.33. The molecule has 0 bridgehead atoms. The van der Waals surface area contributed by atoms with E-state index in [0.717, 1.165) is 32.3 Å². The maximum Gasteiger partial charge on any atom is 0.0600 e. The summed E-state index contributed by atoms with van der Waals surface area (Å²) in [6.45, 7) is 19.1. The molecule has 0 aliphatic carbocycles. The van der Waals surface area contributed by atoms with Crippen molar-refractivity contribution in [1.29, 1.82) is 0 Å². The topological polar surface area (TPSA) is 21.7 Å². The molecule has 1 saturated heterocycles. The normalized spacial score (nSPS) is 19.5. The molecule has 20 heavy (non-hydrogen) atoms. The van der Waals surface area contributed by atoms with Crippen LogP contribution in [0.3, 0.4) is 0 Å². The molecular formula is C17H35NO2. The molecule has 0 amide bonds. The first-order valence-electron chi connectivity index (χ1n) is 8.10. The summed E-state index contributed by atoms with van der Waals surface area (Å²) in [6, 6.07) is 0. The fourth-order valence-corrected chi connectivity index (χ4v) is 2.39. The van der Waals surface area contributed by atoms with Crippen LogP contribution >= 0.6 is 0 Å². The van der Waals surface area contributed by atoms with E-state index in [9.17, 15) is 0 Å².